The maximum atomic E-state index is 12.1. The number of carbonyl (C=O) groups excluding carboxylic acids is 1. The Morgan fingerprint density at radius 2 is 2.21 bits per heavy atom. The molecule has 1 atom stereocenters. The van der Waals surface area contributed by atoms with Crippen LogP contribution >= 0.6 is 0 Å². The summed E-state index contributed by atoms with van der Waals surface area (Å²) >= 11 is 0. The van der Waals surface area contributed by atoms with E-state index in [1.54, 1.807) is 7.11 Å². The highest BCUT2D eigenvalue weighted by atomic mass is 16.5. The molecule has 1 aromatic heterocycles. The van der Waals surface area contributed by atoms with Crippen LogP contribution in [-0.4, -0.2) is 19.6 Å². The van der Waals surface area contributed by atoms with Crippen LogP contribution in [0.5, 0.6) is 0 Å². The maximum Gasteiger partial charge on any atom is 0.220 e. The van der Waals surface area contributed by atoms with Gasteiger partial charge in [-0.2, -0.15) is 0 Å². The molecule has 1 aliphatic rings. The molecule has 4 heteroatoms. The molecule has 0 bridgehead atoms. The number of hydrogen-bond donors (Lipinski definition) is 1. The molecule has 1 aromatic rings. The first-order valence-corrected chi connectivity index (χ1v) is 7.03. The van der Waals surface area contributed by atoms with Crippen molar-refractivity contribution in [2.45, 2.75) is 45.1 Å². The van der Waals surface area contributed by atoms with Gasteiger partial charge in [-0.1, -0.05) is 12.8 Å². The van der Waals surface area contributed by atoms with Gasteiger partial charge < -0.3 is 14.5 Å². The molecular formula is C15H23NO3. The van der Waals surface area contributed by atoms with E-state index >= 15 is 0 Å². The van der Waals surface area contributed by atoms with Crippen LogP contribution in [0.3, 0.4) is 0 Å². The second-order valence-electron chi connectivity index (χ2n) is 5.38. The summed E-state index contributed by atoms with van der Waals surface area (Å²) in [6, 6.07) is 3.61. The lowest BCUT2D eigenvalue weighted by atomic mass is 10.0. The summed E-state index contributed by atoms with van der Waals surface area (Å²) in [5.41, 5.74) is 0. The number of amides is 1. The molecule has 106 valence electrons. The van der Waals surface area contributed by atoms with Crippen LogP contribution in [0.25, 0.3) is 0 Å². The highest BCUT2D eigenvalue weighted by Gasteiger charge is 2.22. The SMILES string of the molecule is COCC(NC(=O)CC1CCCC1)c1ccc(C)o1. The van der Waals surface area contributed by atoms with Gasteiger partial charge in [-0.25, -0.2) is 0 Å². The Morgan fingerprint density at radius 1 is 1.47 bits per heavy atom. The lowest BCUT2D eigenvalue weighted by Crippen LogP contribution is -2.32. The molecule has 1 aliphatic carbocycles. The zero-order valence-corrected chi connectivity index (χ0v) is 11.8. The van der Waals surface area contributed by atoms with Gasteiger partial charge in [0.1, 0.15) is 17.6 Å². The first-order chi connectivity index (χ1) is 9.19. The molecule has 1 saturated carbocycles. The fourth-order valence-electron chi connectivity index (χ4n) is 2.73. The average Bonchev–Trinajstić information content (AvgIpc) is 3.00. The number of ether oxygens (including phenoxy) is 1. The number of furan rings is 1. The van der Waals surface area contributed by atoms with Crippen molar-refractivity contribution in [3.63, 3.8) is 0 Å². The zero-order valence-electron chi connectivity index (χ0n) is 11.8. The van der Waals surface area contributed by atoms with E-state index in [0.29, 0.717) is 18.9 Å². The summed E-state index contributed by atoms with van der Waals surface area (Å²) < 4.78 is 10.7. The third-order valence-electron chi connectivity index (χ3n) is 3.72. The summed E-state index contributed by atoms with van der Waals surface area (Å²) in [5, 5.41) is 3.02. The summed E-state index contributed by atoms with van der Waals surface area (Å²) in [6.07, 6.45) is 5.51. The smallest absolute Gasteiger partial charge is 0.220 e. The Balaban J connectivity index is 1.90. The van der Waals surface area contributed by atoms with Gasteiger partial charge in [0.2, 0.25) is 5.91 Å². The predicted molar refractivity (Wildman–Crippen MR) is 72.8 cm³/mol. The van der Waals surface area contributed by atoms with Crippen molar-refractivity contribution in [1.82, 2.24) is 5.32 Å². The van der Waals surface area contributed by atoms with E-state index in [1.807, 2.05) is 19.1 Å². The number of methoxy groups -OCH3 is 1. The number of nitrogens with one attached hydrogen (secondary N) is 1. The predicted octanol–water partition coefficient (Wildman–Crippen LogP) is 2.97. The molecule has 1 N–H and O–H groups in total. The van der Waals surface area contributed by atoms with Gasteiger partial charge in [-0.15, -0.1) is 0 Å². The third-order valence-corrected chi connectivity index (χ3v) is 3.72. The largest absolute Gasteiger partial charge is 0.464 e. The molecule has 19 heavy (non-hydrogen) atoms. The van der Waals surface area contributed by atoms with Crippen LogP contribution < -0.4 is 5.32 Å². The average molecular weight is 265 g/mol. The van der Waals surface area contributed by atoms with Crippen molar-refractivity contribution in [3.8, 4) is 0 Å². The Hall–Kier alpha value is -1.29. The summed E-state index contributed by atoms with van der Waals surface area (Å²) in [4.78, 5) is 12.1. The number of hydrogen-bond acceptors (Lipinski definition) is 3. The van der Waals surface area contributed by atoms with E-state index in [2.05, 4.69) is 5.32 Å². The summed E-state index contributed by atoms with van der Waals surface area (Å²) in [6.45, 7) is 2.33. The Morgan fingerprint density at radius 3 is 2.79 bits per heavy atom. The molecule has 0 spiro atoms. The normalized spacial score (nSPS) is 17.6. The van der Waals surface area contributed by atoms with Crippen molar-refractivity contribution in [2.75, 3.05) is 13.7 Å². The maximum absolute atomic E-state index is 12.1. The minimum absolute atomic E-state index is 0.100. The number of rotatable bonds is 6. The Labute approximate surface area is 114 Å². The zero-order chi connectivity index (χ0) is 13.7. The van der Waals surface area contributed by atoms with Crippen LogP contribution in [0, 0.1) is 12.8 Å². The van der Waals surface area contributed by atoms with Crippen molar-refractivity contribution < 1.29 is 13.9 Å². The van der Waals surface area contributed by atoms with Crippen LogP contribution in [-0.2, 0) is 9.53 Å². The van der Waals surface area contributed by atoms with Gasteiger partial charge in [0.25, 0.3) is 0 Å². The molecule has 0 saturated heterocycles. The molecule has 1 fully saturated rings. The minimum Gasteiger partial charge on any atom is -0.464 e. The molecule has 0 aliphatic heterocycles. The lowest BCUT2D eigenvalue weighted by Gasteiger charge is -2.17. The number of aryl methyl sites for hydroxylation is 1. The van der Waals surface area contributed by atoms with Crippen LogP contribution in [0.1, 0.15) is 49.7 Å². The van der Waals surface area contributed by atoms with Gasteiger partial charge in [0.15, 0.2) is 0 Å². The van der Waals surface area contributed by atoms with E-state index in [0.717, 1.165) is 11.5 Å². The lowest BCUT2D eigenvalue weighted by molar-refractivity contribution is -0.123. The van der Waals surface area contributed by atoms with Crippen LogP contribution in [0.15, 0.2) is 16.5 Å². The highest BCUT2D eigenvalue weighted by molar-refractivity contribution is 5.76. The van der Waals surface area contributed by atoms with Gasteiger partial charge in [0, 0.05) is 13.5 Å². The molecular weight excluding hydrogens is 242 g/mol. The molecule has 2 rings (SSSR count). The standard InChI is InChI=1S/C15H23NO3/c1-11-7-8-14(19-11)13(10-18-2)16-15(17)9-12-5-3-4-6-12/h7-8,12-13H,3-6,9-10H2,1-2H3,(H,16,17). The van der Waals surface area contributed by atoms with Gasteiger partial charge >= 0.3 is 0 Å². The molecule has 1 heterocycles. The topological polar surface area (TPSA) is 51.5 Å². The Kier molecular flexibility index (Phi) is 5.02. The van der Waals surface area contributed by atoms with Gasteiger partial charge in [-0.05, 0) is 37.8 Å². The summed E-state index contributed by atoms with van der Waals surface area (Å²) in [5.74, 6) is 2.27. The van der Waals surface area contributed by atoms with E-state index in [-0.39, 0.29) is 11.9 Å². The molecule has 0 aromatic carbocycles. The first kappa shape index (κ1) is 14.1. The molecule has 4 nitrogen and oxygen atoms in total. The van der Waals surface area contributed by atoms with E-state index in [1.165, 1.54) is 25.7 Å². The van der Waals surface area contributed by atoms with E-state index < -0.39 is 0 Å². The van der Waals surface area contributed by atoms with E-state index in [4.69, 9.17) is 9.15 Å². The van der Waals surface area contributed by atoms with Crippen molar-refractivity contribution >= 4 is 5.91 Å². The van der Waals surface area contributed by atoms with Crippen LogP contribution in [0.2, 0.25) is 0 Å². The van der Waals surface area contributed by atoms with E-state index in [9.17, 15) is 4.79 Å². The second kappa shape index (κ2) is 6.75. The molecule has 1 unspecified atom stereocenters. The third kappa shape index (κ3) is 4.10. The first-order valence-electron chi connectivity index (χ1n) is 7.03. The highest BCUT2D eigenvalue weighted by Crippen LogP contribution is 2.27. The fourth-order valence-corrected chi connectivity index (χ4v) is 2.73. The minimum atomic E-state index is -0.187. The van der Waals surface area contributed by atoms with Crippen molar-refractivity contribution in [3.05, 3.63) is 23.7 Å². The van der Waals surface area contributed by atoms with Crippen LogP contribution in [0.4, 0.5) is 0 Å². The fraction of sp³-hybridized carbons (Fsp3) is 0.667. The molecule has 0 radical (unpaired) electrons. The summed E-state index contributed by atoms with van der Waals surface area (Å²) in [7, 11) is 1.63. The monoisotopic (exact) mass is 265 g/mol. The number of carbonyl (C=O) groups is 1. The molecule has 1 amide bonds. The van der Waals surface area contributed by atoms with Gasteiger partial charge in [0.05, 0.1) is 6.61 Å². The Bertz CT molecular complexity index is 407. The van der Waals surface area contributed by atoms with Crippen molar-refractivity contribution in [1.29, 1.82) is 0 Å². The van der Waals surface area contributed by atoms with Crippen molar-refractivity contribution in [2.24, 2.45) is 5.92 Å². The van der Waals surface area contributed by atoms with Gasteiger partial charge in [-0.3, -0.25) is 4.79 Å². The quantitative estimate of drug-likeness (QED) is 0.860. The second-order valence-corrected chi connectivity index (χ2v) is 5.38.